The van der Waals surface area contributed by atoms with Gasteiger partial charge in [-0.2, -0.15) is 0 Å². The Balaban J connectivity index is 1.41. The fourth-order valence-electron chi connectivity index (χ4n) is 2.88. The number of thiazole rings is 1. The molecule has 0 aliphatic carbocycles. The fourth-order valence-corrected chi connectivity index (χ4v) is 4.80. The Hall–Kier alpha value is -3.43. The lowest BCUT2D eigenvalue weighted by Crippen LogP contribution is -2.41. The van der Waals surface area contributed by atoms with E-state index < -0.39 is 11.8 Å². The topological polar surface area (TPSA) is 89.6 Å². The molecule has 0 spiro atoms. The molecule has 2 N–H and O–H groups in total. The van der Waals surface area contributed by atoms with Crippen molar-refractivity contribution in [2.75, 3.05) is 13.7 Å². The standard InChI is InChI=1S/C22H19N3O4S2/c1-3-29-15-9-8-13(12-16(15)28-2)20(26)24-25-21(27)18-10-11-19(30-18)22-23-14-6-4-5-7-17(14)31-22/h4-12H,3H2,1-2H3,(H,24,26)(H,25,27). The van der Waals surface area contributed by atoms with E-state index in [2.05, 4.69) is 15.8 Å². The number of methoxy groups -OCH3 is 1. The van der Waals surface area contributed by atoms with E-state index in [1.165, 1.54) is 18.4 Å². The first-order valence-corrected chi connectivity index (χ1v) is 11.1. The van der Waals surface area contributed by atoms with Gasteiger partial charge < -0.3 is 9.47 Å². The van der Waals surface area contributed by atoms with E-state index in [9.17, 15) is 9.59 Å². The monoisotopic (exact) mass is 453 g/mol. The highest BCUT2D eigenvalue weighted by atomic mass is 32.1. The molecule has 31 heavy (non-hydrogen) atoms. The van der Waals surface area contributed by atoms with Crippen LogP contribution in [0.15, 0.2) is 54.6 Å². The van der Waals surface area contributed by atoms with Gasteiger partial charge >= 0.3 is 0 Å². The molecule has 0 fully saturated rings. The summed E-state index contributed by atoms with van der Waals surface area (Å²) >= 11 is 2.89. The van der Waals surface area contributed by atoms with Crippen LogP contribution in [0.3, 0.4) is 0 Å². The van der Waals surface area contributed by atoms with Crippen molar-refractivity contribution in [3.8, 4) is 21.4 Å². The minimum Gasteiger partial charge on any atom is -0.493 e. The summed E-state index contributed by atoms with van der Waals surface area (Å²) in [6.45, 7) is 2.35. The molecule has 4 aromatic rings. The number of hydrazine groups is 1. The first kappa shape index (κ1) is 20.8. The fraction of sp³-hybridized carbons (Fsp3) is 0.136. The Labute approximate surface area is 186 Å². The van der Waals surface area contributed by atoms with E-state index in [0.717, 1.165) is 20.1 Å². The smallest absolute Gasteiger partial charge is 0.279 e. The number of benzene rings is 2. The summed E-state index contributed by atoms with van der Waals surface area (Å²) in [6.07, 6.45) is 0. The number of carbonyl (C=O) groups is 2. The summed E-state index contributed by atoms with van der Waals surface area (Å²) in [5.74, 6) is 0.132. The maximum absolute atomic E-state index is 12.5. The zero-order valence-corrected chi connectivity index (χ0v) is 18.4. The number of amides is 2. The summed E-state index contributed by atoms with van der Waals surface area (Å²) in [6, 6.07) is 16.3. The normalized spacial score (nSPS) is 10.6. The van der Waals surface area contributed by atoms with E-state index in [1.807, 2.05) is 37.3 Å². The molecule has 2 aromatic carbocycles. The molecule has 0 unspecified atom stereocenters. The first-order chi connectivity index (χ1) is 15.1. The Bertz CT molecular complexity index is 1220. The predicted molar refractivity (Wildman–Crippen MR) is 122 cm³/mol. The van der Waals surface area contributed by atoms with Gasteiger partial charge in [-0.1, -0.05) is 12.1 Å². The van der Waals surface area contributed by atoms with Gasteiger partial charge in [-0.25, -0.2) is 4.98 Å². The maximum Gasteiger partial charge on any atom is 0.279 e. The summed E-state index contributed by atoms with van der Waals surface area (Å²) in [7, 11) is 1.50. The average Bonchev–Trinajstić information content (AvgIpc) is 3.45. The van der Waals surface area contributed by atoms with Crippen molar-refractivity contribution in [2.45, 2.75) is 6.92 Å². The van der Waals surface area contributed by atoms with Crippen molar-refractivity contribution in [3.63, 3.8) is 0 Å². The highest BCUT2D eigenvalue weighted by Crippen LogP contribution is 2.34. The van der Waals surface area contributed by atoms with Crippen LogP contribution >= 0.6 is 22.7 Å². The van der Waals surface area contributed by atoms with Gasteiger partial charge in [0.1, 0.15) is 5.01 Å². The number of nitrogens with one attached hydrogen (secondary N) is 2. The lowest BCUT2D eigenvalue weighted by molar-refractivity contribution is 0.0848. The van der Waals surface area contributed by atoms with Gasteiger partial charge in [0.15, 0.2) is 11.5 Å². The molecule has 0 saturated heterocycles. The second kappa shape index (κ2) is 9.15. The van der Waals surface area contributed by atoms with E-state index in [-0.39, 0.29) is 0 Å². The third-order valence-corrected chi connectivity index (χ3v) is 6.64. The number of nitrogens with zero attached hydrogens (tertiary/aromatic N) is 1. The number of hydrogen-bond donors (Lipinski definition) is 2. The third kappa shape index (κ3) is 4.52. The molecule has 9 heteroatoms. The molecule has 0 aliphatic rings. The van der Waals surface area contributed by atoms with Crippen molar-refractivity contribution >= 4 is 44.7 Å². The van der Waals surface area contributed by atoms with Gasteiger partial charge in [-0.15, -0.1) is 22.7 Å². The Kier molecular flexibility index (Phi) is 6.15. The number of carbonyl (C=O) groups excluding carboxylic acids is 2. The quantitative estimate of drug-likeness (QED) is 0.420. The Morgan fingerprint density at radius 2 is 1.77 bits per heavy atom. The number of ether oxygens (including phenoxy) is 2. The molecule has 0 bridgehead atoms. The van der Waals surface area contributed by atoms with Crippen LogP contribution in [0.5, 0.6) is 11.5 Å². The van der Waals surface area contributed by atoms with Crippen molar-refractivity contribution in [1.82, 2.24) is 15.8 Å². The lowest BCUT2D eigenvalue weighted by Gasteiger charge is -2.11. The van der Waals surface area contributed by atoms with Crippen molar-refractivity contribution < 1.29 is 19.1 Å². The Morgan fingerprint density at radius 3 is 2.55 bits per heavy atom. The van der Waals surface area contributed by atoms with Gasteiger partial charge in [-0.05, 0) is 49.4 Å². The van der Waals surface area contributed by atoms with E-state index in [4.69, 9.17) is 9.47 Å². The molecule has 0 saturated carbocycles. The number of aromatic nitrogens is 1. The van der Waals surface area contributed by atoms with Crippen molar-refractivity contribution in [3.05, 3.63) is 65.0 Å². The number of thiophene rings is 1. The van der Waals surface area contributed by atoms with Gasteiger partial charge in [0.25, 0.3) is 11.8 Å². The number of fused-ring (bicyclic) bond motifs is 1. The van der Waals surface area contributed by atoms with Crippen LogP contribution in [0.4, 0.5) is 0 Å². The van der Waals surface area contributed by atoms with Gasteiger partial charge in [0.2, 0.25) is 0 Å². The van der Waals surface area contributed by atoms with Crippen LogP contribution in [0.2, 0.25) is 0 Å². The minimum absolute atomic E-state index is 0.335. The van der Waals surface area contributed by atoms with E-state index in [1.54, 1.807) is 35.6 Å². The van der Waals surface area contributed by atoms with Gasteiger partial charge in [-0.3, -0.25) is 20.4 Å². The molecule has 2 aromatic heterocycles. The third-order valence-electron chi connectivity index (χ3n) is 4.35. The summed E-state index contributed by atoms with van der Waals surface area (Å²) in [4.78, 5) is 30.9. The number of rotatable bonds is 6. The van der Waals surface area contributed by atoms with E-state index >= 15 is 0 Å². The predicted octanol–water partition coefficient (Wildman–Crippen LogP) is 4.51. The summed E-state index contributed by atoms with van der Waals surface area (Å²) in [5.41, 5.74) is 6.14. The van der Waals surface area contributed by atoms with Gasteiger partial charge in [0.05, 0.1) is 33.7 Å². The number of hydrogen-bond acceptors (Lipinski definition) is 7. The second-order valence-corrected chi connectivity index (χ2v) is 8.47. The second-order valence-electron chi connectivity index (χ2n) is 6.36. The highest BCUT2D eigenvalue weighted by molar-refractivity contribution is 7.26. The van der Waals surface area contributed by atoms with E-state index in [0.29, 0.717) is 28.5 Å². The summed E-state index contributed by atoms with van der Waals surface area (Å²) in [5, 5.41) is 0.857. The van der Waals surface area contributed by atoms with Crippen LogP contribution in [-0.4, -0.2) is 30.5 Å². The zero-order valence-electron chi connectivity index (χ0n) is 16.8. The number of para-hydroxylation sites is 1. The van der Waals surface area contributed by atoms with Crippen LogP contribution in [0, 0.1) is 0 Å². The molecule has 0 atom stereocenters. The van der Waals surface area contributed by atoms with Crippen molar-refractivity contribution in [2.24, 2.45) is 0 Å². The molecular formula is C22H19N3O4S2. The van der Waals surface area contributed by atoms with Crippen LogP contribution in [0.25, 0.3) is 20.1 Å². The minimum atomic E-state index is -0.461. The van der Waals surface area contributed by atoms with Crippen LogP contribution in [0.1, 0.15) is 27.0 Å². The molecule has 0 radical (unpaired) electrons. The maximum atomic E-state index is 12.5. The first-order valence-electron chi connectivity index (χ1n) is 9.46. The summed E-state index contributed by atoms with van der Waals surface area (Å²) < 4.78 is 11.8. The SMILES string of the molecule is CCOc1ccc(C(=O)NNC(=O)c2ccc(-c3nc4ccccc4s3)s2)cc1OC. The largest absolute Gasteiger partial charge is 0.493 e. The molecule has 4 rings (SSSR count). The van der Waals surface area contributed by atoms with Crippen LogP contribution in [-0.2, 0) is 0 Å². The molecule has 2 heterocycles. The molecular weight excluding hydrogens is 434 g/mol. The van der Waals surface area contributed by atoms with Crippen molar-refractivity contribution in [1.29, 1.82) is 0 Å². The molecule has 2 amide bonds. The molecule has 0 aliphatic heterocycles. The zero-order chi connectivity index (χ0) is 21.8. The van der Waals surface area contributed by atoms with Crippen LogP contribution < -0.4 is 20.3 Å². The highest BCUT2D eigenvalue weighted by Gasteiger charge is 2.15. The Morgan fingerprint density at radius 1 is 0.968 bits per heavy atom. The molecule has 7 nitrogen and oxygen atoms in total. The average molecular weight is 454 g/mol. The molecule has 158 valence electrons. The lowest BCUT2D eigenvalue weighted by atomic mass is 10.2. The van der Waals surface area contributed by atoms with Gasteiger partial charge in [0, 0.05) is 5.56 Å².